The highest BCUT2D eigenvalue weighted by Crippen LogP contribution is 2.32. The molecule has 1 aromatic rings. The summed E-state index contributed by atoms with van der Waals surface area (Å²) in [5.41, 5.74) is 5.12. The summed E-state index contributed by atoms with van der Waals surface area (Å²) in [6.45, 7) is 5.39. The van der Waals surface area contributed by atoms with Crippen LogP contribution in [0.3, 0.4) is 0 Å². The molecule has 4 unspecified atom stereocenters. The van der Waals surface area contributed by atoms with Crippen molar-refractivity contribution in [3.05, 3.63) is 65.0 Å². The maximum Gasteiger partial charge on any atom is 0.194 e. The first-order chi connectivity index (χ1) is 13.8. The molecule has 4 atom stereocenters. The minimum absolute atomic E-state index is 0.0316. The topological polar surface area (TPSA) is 97.0 Å². The van der Waals surface area contributed by atoms with Crippen molar-refractivity contribution in [3.8, 4) is 0 Å². The molecule has 1 fully saturated rings. The predicted molar refractivity (Wildman–Crippen MR) is 105 cm³/mol. The Kier molecular flexibility index (Phi) is 8.60. The van der Waals surface area contributed by atoms with Gasteiger partial charge in [-0.1, -0.05) is 30.5 Å². The second-order valence-electron chi connectivity index (χ2n) is 6.14. The van der Waals surface area contributed by atoms with Gasteiger partial charge in [-0.25, -0.2) is 13.2 Å². The van der Waals surface area contributed by atoms with E-state index in [1.807, 2.05) is 6.92 Å². The van der Waals surface area contributed by atoms with Crippen molar-refractivity contribution in [3.63, 3.8) is 0 Å². The number of rotatable bonds is 8. The smallest absolute Gasteiger partial charge is 0.194 e. The van der Waals surface area contributed by atoms with Crippen LogP contribution >= 0.6 is 11.8 Å². The molecule has 29 heavy (non-hydrogen) atoms. The molecule has 10 heteroatoms. The Bertz CT molecular complexity index is 768. The molecule has 160 valence electrons. The number of hydrogen-bond acceptors (Lipinski definition) is 7. The Balaban J connectivity index is 2.07. The summed E-state index contributed by atoms with van der Waals surface area (Å²) < 4.78 is 50.9. The normalized spacial score (nSPS) is 25.4. The Morgan fingerprint density at radius 3 is 2.52 bits per heavy atom. The van der Waals surface area contributed by atoms with Crippen molar-refractivity contribution < 1.29 is 32.9 Å². The highest BCUT2D eigenvalue weighted by atomic mass is 32.2. The van der Waals surface area contributed by atoms with Gasteiger partial charge in [-0.15, -0.1) is 0 Å². The minimum Gasteiger partial charge on any atom is -0.397 e. The molecule has 2 rings (SSSR count). The van der Waals surface area contributed by atoms with Crippen LogP contribution in [0.15, 0.2) is 42.0 Å². The summed E-state index contributed by atoms with van der Waals surface area (Å²) >= 11 is 1.25. The fourth-order valence-corrected chi connectivity index (χ4v) is 3.53. The van der Waals surface area contributed by atoms with Crippen LogP contribution in [0, 0.1) is 17.5 Å². The number of hydrogen-bond donors (Lipinski definition) is 4. The lowest BCUT2D eigenvalue weighted by atomic mass is 10.1. The lowest BCUT2D eigenvalue weighted by molar-refractivity contribution is -0.270. The van der Waals surface area contributed by atoms with Crippen molar-refractivity contribution >= 4 is 17.5 Å². The van der Waals surface area contributed by atoms with Crippen molar-refractivity contribution in [2.75, 3.05) is 13.2 Å². The number of allylic oxidation sites excluding steroid dienone is 2. The van der Waals surface area contributed by atoms with E-state index < -0.39 is 48.0 Å². The van der Waals surface area contributed by atoms with E-state index in [9.17, 15) is 23.4 Å². The summed E-state index contributed by atoms with van der Waals surface area (Å²) in [4.78, 5) is 0.687. The maximum absolute atomic E-state index is 13.3. The molecule has 0 aromatic heterocycles. The number of nitrogens with two attached hydrogens (primary N) is 1. The van der Waals surface area contributed by atoms with Crippen LogP contribution < -0.4 is 11.1 Å². The van der Waals surface area contributed by atoms with E-state index in [4.69, 9.17) is 15.2 Å². The van der Waals surface area contributed by atoms with Gasteiger partial charge in [0.2, 0.25) is 0 Å². The SMILES string of the molecule is C=C(/C=C\C)SC1OC(CO)C(O)OC1CN/C=C(\N)c1cc(F)c(F)c(F)c1. The first kappa shape index (κ1) is 23.3. The third-order valence-corrected chi connectivity index (χ3v) is 5.02. The number of aliphatic hydroxyl groups excluding tert-OH is 2. The van der Waals surface area contributed by atoms with Crippen LogP contribution in [0.25, 0.3) is 5.70 Å². The maximum atomic E-state index is 13.3. The summed E-state index contributed by atoms with van der Waals surface area (Å²) in [6.07, 6.45) is 1.95. The van der Waals surface area contributed by atoms with Gasteiger partial charge >= 0.3 is 0 Å². The fourth-order valence-electron chi connectivity index (χ4n) is 2.50. The van der Waals surface area contributed by atoms with Crippen LogP contribution in [0.1, 0.15) is 12.5 Å². The molecule has 1 aliphatic heterocycles. The van der Waals surface area contributed by atoms with Gasteiger partial charge < -0.3 is 30.7 Å². The largest absolute Gasteiger partial charge is 0.397 e. The first-order valence-electron chi connectivity index (χ1n) is 8.68. The van der Waals surface area contributed by atoms with E-state index in [1.165, 1.54) is 18.0 Å². The molecule has 1 heterocycles. The van der Waals surface area contributed by atoms with Gasteiger partial charge in [-0.05, 0) is 19.1 Å². The summed E-state index contributed by atoms with van der Waals surface area (Å²) in [6, 6.07) is 1.56. The molecule has 0 spiro atoms. The van der Waals surface area contributed by atoms with E-state index >= 15 is 0 Å². The van der Waals surface area contributed by atoms with Crippen molar-refractivity contribution in [2.45, 2.75) is 30.9 Å². The van der Waals surface area contributed by atoms with Gasteiger partial charge in [-0.2, -0.15) is 0 Å². The molecular weight excluding hydrogens is 409 g/mol. The molecule has 5 N–H and O–H groups in total. The summed E-state index contributed by atoms with van der Waals surface area (Å²) in [5.74, 6) is -4.27. The number of ether oxygens (including phenoxy) is 2. The Hall–Kier alpha value is -1.98. The van der Waals surface area contributed by atoms with Gasteiger partial charge in [0.25, 0.3) is 0 Å². The highest BCUT2D eigenvalue weighted by molar-refractivity contribution is 8.03. The fraction of sp³-hybridized carbons (Fsp3) is 0.368. The van der Waals surface area contributed by atoms with E-state index in [2.05, 4.69) is 11.9 Å². The number of benzene rings is 1. The second kappa shape index (κ2) is 10.7. The van der Waals surface area contributed by atoms with Crippen molar-refractivity contribution in [1.29, 1.82) is 0 Å². The highest BCUT2D eigenvalue weighted by Gasteiger charge is 2.38. The van der Waals surface area contributed by atoms with Crippen LogP contribution in [-0.2, 0) is 9.47 Å². The zero-order valence-electron chi connectivity index (χ0n) is 15.6. The summed E-state index contributed by atoms with van der Waals surface area (Å²) in [7, 11) is 0. The lowest BCUT2D eigenvalue weighted by Crippen LogP contribution is -2.52. The Morgan fingerprint density at radius 2 is 1.93 bits per heavy atom. The average molecular weight is 432 g/mol. The first-order valence-corrected chi connectivity index (χ1v) is 9.56. The second-order valence-corrected chi connectivity index (χ2v) is 7.36. The van der Waals surface area contributed by atoms with Crippen LogP contribution in [0.2, 0.25) is 0 Å². The molecule has 0 saturated carbocycles. The molecule has 0 amide bonds. The van der Waals surface area contributed by atoms with Gasteiger partial charge in [0.1, 0.15) is 17.6 Å². The number of nitrogens with one attached hydrogen (secondary N) is 1. The molecule has 6 nitrogen and oxygen atoms in total. The molecule has 1 aliphatic rings. The minimum atomic E-state index is -1.57. The molecule has 1 saturated heterocycles. The molecular formula is C19H23F3N2O4S. The zero-order valence-corrected chi connectivity index (χ0v) is 16.5. The van der Waals surface area contributed by atoms with Gasteiger partial charge in [0.05, 0.1) is 12.3 Å². The Labute approximate surface area is 170 Å². The van der Waals surface area contributed by atoms with Gasteiger partial charge in [-0.3, -0.25) is 0 Å². The molecule has 0 bridgehead atoms. The van der Waals surface area contributed by atoms with Gasteiger partial charge in [0.15, 0.2) is 23.7 Å². The van der Waals surface area contributed by atoms with Crippen LogP contribution in [-0.4, -0.2) is 47.3 Å². The third kappa shape index (κ3) is 6.25. The monoisotopic (exact) mass is 432 g/mol. The zero-order chi connectivity index (χ0) is 21.6. The van der Waals surface area contributed by atoms with E-state index in [-0.39, 0.29) is 17.8 Å². The van der Waals surface area contributed by atoms with E-state index in [1.54, 1.807) is 12.2 Å². The number of halogens is 3. The molecule has 0 aliphatic carbocycles. The predicted octanol–water partition coefficient (Wildman–Crippen LogP) is 2.19. The van der Waals surface area contributed by atoms with E-state index in [0.29, 0.717) is 4.91 Å². The lowest BCUT2D eigenvalue weighted by Gasteiger charge is -2.38. The van der Waals surface area contributed by atoms with E-state index in [0.717, 1.165) is 12.1 Å². The standard InChI is InChI=1S/C19H23F3N2O4S/c1-3-4-10(2)29-19-15(27-18(26)16(9-25)28-19)8-24-7-14(23)11-5-12(20)17(22)13(21)6-11/h3-7,15-16,18-19,24-26H,2,8-9,23H2,1H3/b4-3-,14-7-. The van der Waals surface area contributed by atoms with Crippen molar-refractivity contribution in [1.82, 2.24) is 5.32 Å². The average Bonchev–Trinajstić information content (AvgIpc) is 2.67. The number of thioether (sulfide) groups is 1. The van der Waals surface area contributed by atoms with Gasteiger partial charge in [0, 0.05) is 23.2 Å². The van der Waals surface area contributed by atoms with Crippen LogP contribution in [0.5, 0.6) is 0 Å². The number of aliphatic hydroxyl groups is 2. The Morgan fingerprint density at radius 1 is 1.28 bits per heavy atom. The quantitative estimate of drug-likeness (QED) is 0.369. The molecule has 0 radical (unpaired) electrons. The summed E-state index contributed by atoms with van der Waals surface area (Å²) in [5, 5.41) is 22.1. The van der Waals surface area contributed by atoms with Crippen molar-refractivity contribution in [2.24, 2.45) is 5.73 Å². The van der Waals surface area contributed by atoms with Crippen LogP contribution in [0.4, 0.5) is 13.2 Å². The third-order valence-electron chi connectivity index (χ3n) is 3.94. The molecule has 1 aromatic carbocycles.